The molecule has 0 bridgehead atoms. The number of thiazole rings is 1. The number of carbonyl (C=O) groups excluding carboxylic acids is 1. The molecule has 0 aromatic carbocycles. The molecule has 2 amide bonds. The van der Waals surface area contributed by atoms with Crippen molar-refractivity contribution in [2.24, 2.45) is 0 Å². The third-order valence-electron chi connectivity index (χ3n) is 1.27. The van der Waals surface area contributed by atoms with Crippen LogP contribution in [-0.4, -0.2) is 22.7 Å². The van der Waals surface area contributed by atoms with Crippen LogP contribution in [0.2, 0.25) is 0 Å². The molecule has 1 heterocycles. The summed E-state index contributed by atoms with van der Waals surface area (Å²) in [6, 6.07) is -0.277. The zero-order valence-corrected chi connectivity index (χ0v) is 8.02. The summed E-state index contributed by atoms with van der Waals surface area (Å²) in [4.78, 5) is 15.6. The first-order valence-electron chi connectivity index (χ1n) is 3.86. The molecule has 6 heteroatoms. The van der Waals surface area contributed by atoms with Gasteiger partial charge in [-0.05, 0) is 6.92 Å². The van der Waals surface area contributed by atoms with Crippen molar-refractivity contribution < 1.29 is 9.90 Å². The van der Waals surface area contributed by atoms with Gasteiger partial charge in [0.1, 0.15) is 0 Å². The number of amides is 2. The van der Waals surface area contributed by atoms with E-state index in [1.54, 1.807) is 0 Å². The predicted molar refractivity (Wildman–Crippen MR) is 50.7 cm³/mol. The van der Waals surface area contributed by atoms with Gasteiger partial charge < -0.3 is 10.4 Å². The van der Waals surface area contributed by atoms with E-state index in [0.717, 1.165) is 4.88 Å². The van der Waals surface area contributed by atoms with Crippen LogP contribution >= 0.6 is 11.3 Å². The van der Waals surface area contributed by atoms with Crippen LogP contribution in [0.25, 0.3) is 0 Å². The molecule has 0 saturated heterocycles. The summed E-state index contributed by atoms with van der Waals surface area (Å²) in [7, 11) is 0. The third kappa shape index (κ3) is 3.00. The van der Waals surface area contributed by atoms with E-state index in [9.17, 15) is 4.79 Å². The predicted octanol–water partition coefficient (Wildman–Crippen LogP) is 0.777. The topological polar surface area (TPSA) is 74.2 Å². The molecule has 0 radical (unpaired) electrons. The molecule has 0 saturated carbocycles. The lowest BCUT2D eigenvalue weighted by Crippen LogP contribution is -2.28. The number of hydrogen-bond donors (Lipinski definition) is 3. The number of nitrogens with zero attached hydrogens (tertiary/aromatic N) is 1. The van der Waals surface area contributed by atoms with Crippen LogP contribution in [0.1, 0.15) is 11.8 Å². The Morgan fingerprint density at radius 1 is 1.77 bits per heavy atom. The fraction of sp³-hybridized carbons (Fsp3) is 0.429. The highest BCUT2D eigenvalue weighted by Crippen LogP contribution is 2.17. The lowest BCUT2D eigenvalue weighted by Gasteiger charge is -2.00. The molecule has 72 valence electrons. The molecule has 5 nitrogen and oxygen atoms in total. The van der Waals surface area contributed by atoms with Crippen LogP contribution in [0.5, 0.6) is 0 Å². The summed E-state index contributed by atoms with van der Waals surface area (Å²) >= 11 is 1.25. The van der Waals surface area contributed by atoms with Gasteiger partial charge in [-0.25, -0.2) is 9.78 Å². The average Bonchev–Trinajstić information content (AvgIpc) is 2.52. The Balaban J connectivity index is 2.49. The lowest BCUT2D eigenvalue weighted by molar-refractivity contribution is 0.252. The first-order chi connectivity index (χ1) is 6.26. The van der Waals surface area contributed by atoms with Gasteiger partial charge in [-0.2, -0.15) is 0 Å². The van der Waals surface area contributed by atoms with Crippen molar-refractivity contribution in [3.8, 4) is 0 Å². The largest absolute Gasteiger partial charge is 0.391 e. The van der Waals surface area contributed by atoms with E-state index in [0.29, 0.717) is 11.7 Å². The van der Waals surface area contributed by atoms with Crippen molar-refractivity contribution >= 4 is 22.5 Å². The van der Waals surface area contributed by atoms with Crippen LogP contribution < -0.4 is 10.6 Å². The van der Waals surface area contributed by atoms with Crippen molar-refractivity contribution in [2.45, 2.75) is 13.5 Å². The van der Waals surface area contributed by atoms with E-state index in [2.05, 4.69) is 15.6 Å². The van der Waals surface area contributed by atoms with Gasteiger partial charge >= 0.3 is 6.03 Å². The Kier molecular flexibility index (Phi) is 3.66. The SMILES string of the molecule is CCNC(=O)Nc1ncc(CO)s1. The van der Waals surface area contributed by atoms with E-state index in [-0.39, 0.29) is 12.6 Å². The first-order valence-corrected chi connectivity index (χ1v) is 4.68. The fourth-order valence-electron chi connectivity index (χ4n) is 0.740. The second-order valence-corrected chi connectivity index (χ2v) is 3.39. The minimum atomic E-state index is -0.277. The molecule has 0 unspecified atom stereocenters. The molecular formula is C7H11N3O2S. The molecule has 0 aliphatic heterocycles. The monoisotopic (exact) mass is 201 g/mol. The van der Waals surface area contributed by atoms with Crippen LogP contribution in [0.15, 0.2) is 6.20 Å². The zero-order chi connectivity index (χ0) is 9.68. The Bertz CT molecular complexity index is 287. The van der Waals surface area contributed by atoms with Crippen molar-refractivity contribution in [1.29, 1.82) is 0 Å². The van der Waals surface area contributed by atoms with Gasteiger partial charge in [-0.15, -0.1) is 0 Å². The number of carbonyl (C=O) groups is 1. The van der Waals surface area contributed by atoms with Crippen molar-refractivity contribution in [1.82, 2.24) is 10.3 Å². The molecule has 1 aromatic rings. The van der Waals surface area contributed by atoms with Gasteiger partial charge in [0.25, 0.3) is 0 Å². The average molecular weight is 201 g/mol. The quantitative estimate of drug-likeness (QED) is 0.676. The number of aromatic nitrogens is 1. The van der Waals surface area contributed by atoms with Gasteiger partial charge in [-0.1, -0.05) is 11.3 Å². The third-order valence-corrected chi connectivity index (χ3v) is 2.16. The van der Waals surface area contributed by atoms with Crippen molar-refractivity contribution in [3.63, 3.8) is 0 Å². The molecule has 0 atom stereocenters. The number of hydrogen-bond acceptors (Lipinski definition) is 4. The highest BCUT2D eigenvalue weighted by Gasteiger charge is 2.03. The number of nitrogens with one attached hydrogen (secondary N) is 2. The number of aliphatic hydroxyl groups is 1. The maximum atomic E-state index is 11.0. The highest BCUT2D eigenvalue weighted by molar-refractivity contribution is 7.15. The molecule has 0 spiro atoms. The Morgan fingerprint density at radius 2 is 2.54 bits per heavy atom. The van der Waals surface area contributed by atoms with Gasteiger partial charge in [0, 0.05) is 12.7 Å². The second kappa shape index (κ2) is 4.78. The number of aliphatic hydroxyl groups excluding tert-OH is 1. The smallest absolute Gasteiger partial charge is 0.321 e. The van der Waals surface area contributed by atoms with Crippen molar-refractivity contribution in [3.05, 3.63) is 11.1 Å². The van der Waals surface area contributed by atoms with E-state index in [1.165, 1.54) is 17.5 Å². The summed E-state index contributed by atoms with van der Waals surface area (Å²) in [5.41, 5.74) is 0. The second-order valence-electron chi connectivity index (χ2n) is 2.27. The molecule has 1 aromatic heterocycles. The first kappa shape index (κ1) is 9.94. The van der Waals surface area contributed by atoms with Crippen LogP contribution in [0.3, 0.4) is 0 Å². The van der Waals surface area contributed by atoms with Gasteiger partial charge in [0.15, 0.2) is 5.13 Å². The molecular weight excluding hydrogens is 190 g/mol. The standard InChI is InChI=1S/C7H11N3O2S/c1-2-8-6(12)10-7-9-3-5(4-11)13-7/h3,11H,2,4H2,1H3,(H2,8,9,10,12). The lowest BCUT2D eigenvalue weighted by atomic mass is 10.6. The van der Waals surface area contributed by atoms with E-state index in [4.69, 9.17) is 5.11 Å². The Hall–Kier alpha value is -1.14. The Labute approximate surface area is 79.8 Å². The van der Waals surface area contributed by atoms with Gasteiger partial charge in [0.2, 0.25) is 0 Å². The van der Waals surface area contributed by atoms with E-state index < -0.39 is 0 Å². The molecule has 13 heavy (non-hydrogen) atoms. The molecule has 0 aliphatic carbocycles. The summed E-state index contributed by atoms with van der Waals surface area (Å²) in [6.07, 6.45) is 1.53. The molecule has 3 N–H and O–H groups in total. The Morgan fingerprint density at radius 3 is 3.08 bits per heavy atom. The number of anilines is 1. The van der Waals surface area contributed by atoms with Crippen LogP contribution in [-0.2, 0) is 6.61 Å². The normalized spacial score (nSPS) is 9.69. The fourth-order valence-corrected chi connectivity index (χ4v) is 1.41. The molecule has 0 aliphatic rings. The number of urea groups is 1. The zero-order valence-electron chi connectivity index (χ0n) is 7.20. The van der Waals surface area contributed by atoms with E-state index >= 15 is 0 Å². The summed E-state index contributed by atoms with van der Waals surface area (Å²) in [6.45, 7) is 2.36. The minimum Gasteiger partial charge on any atom is -0.391 e. The maximum absolute atomic E-state index is 11.0. The minimum absolute atomic E-state index is 0.0469. The summed E-state index contributed by atoms with van der Waals surface area (Å²) in [5, 5.41) is 14.3. The summed E-state index contributed by atoms with van der Waals surface area (Å²) in [5.74, 6) is 0. The van der Waals surface area contributed by atoms with Gasteiger partial charge in [-0.3, -0.25) is 5.32 Å². The summed E-state index contributed by atoms with van der Waals surface area (Å²) < 4.78 is 0. The van der Waals surface area contributed by atoms with Gasteiger partial charge in [0.05, 0.1) is 11.5 Å². The maximum Gasteiger partial charge on any atom is 0.321 e. The molecule has 1 rings (SSSR count). The van der Waals surface area contributed by atoms with Crippen molar-refractivity contribution in [2.75, 3.05) is 11.9 Å². The number of rotatable bonds is 3. The van der Waals surface area contributed by atoms with Crippen LogP contribution in [0.4, 0.5) is 9.93 Å². The highest BCUT2D eigenvalue weighted by atomic mass is 32.1. The van der Waals surface area contributed by atoms with Crippen LogP contribution in [0, 0.1) is 0 Å². The molecule has 0 fully saturated rings. The van der Waals surface area contributed by atoms with E-state index in [1.807, 2.05) is 6.92 Å².